The molecule has 4 N–H and O–H groups in total. The van der Waals surface area contributed by atoms with Crippen molar-refractivity contribution in [3.63, 3.8) is 0 Å². The number of rotatable bonds is 2. The lowest BCUT2D eigenvalue weighted by Gasteiger charge is -2.34. The van der Waals surface area contributed by atoms with Gasteiger partial charge in [0, 0.05) is 10.5 Å². The van der Waals surface area contributed by atoms with Crippen LogP contribution < -0.4 is 16.4 Å². The van der Waals surface area contributed by atoms with Crippen molar-refractivity contribution in [2.45, 2.75) is 6.17 Å². The lowest BCUT2D eigenvalue weighted by Crippen LogP contribution is -2.37. The second kappa shape index (κ2) is 5.61. The van der Waals surface area contributed by atoms with Gasteiger partial charge in [-0.25, -0.2) is 4.99 Å². The van der Waals surface area contributed by atoms with Gasteiger partial charge in [0.05, 0.1) is 5.69 Å². The van der Waals surface area contributed by atoms with Gasteiger partial charge in [0.1, 0.15) is 11.7 Å². The molecular formula is C16H15BrN4. The van der Waals surface area contributed by atoms with E-state index in [1.807, 2.05) is 59.5 Å². The molecule has 0 amide bonds. The summed E-state index contributed by atoms with van der Waals surface area (Å²) in [5.74, 6) is 1.01. The Morgan fingerprint density at radius 2 is 1.62 bits per heavy atom. The molecule has 1 aliphatic rings. The van der Waals surface area contributed by atoms with Crippen LogP contribution in [0.4, 0.5) is 5.69 Å². The van der Waals surface area contributed by atoms with Crippen LogP contribution >= 0.6 is 15.9 Å². The molecule has 3 rings (SSSR count). The largest absolute Gasteiger partial charge is 0.385 e. The summed E-state index contributed by atoms with van der Waals surface area (Å²) in [7, 11) is 0. The summed E-state index contributed by atoms with van der Waals surface area (Å²) in [5, 5.41) is 0. The van der Waals surface area contributed by atoms with Gasteiger partial charge in [0.2, 0.25) is 0 Å². The molecule has 0 unspecified atom stereocenters. The number of nitrogens with two attached hydrogens (primary N) is 2. The number of benzene rings is 2. The lowest BCUT2D eigenvalue weighted by atomic mass is 10.1. The zero-order valence-electron chi connectivity index (χ0n) is 11.3. The van der Waals surface area contributed by atoms with Crippen LogP contribution in [0.5, 0.6) is 0 Å². The maximum absolute atomic E-state index is 6.20. The predicted molar refractivity (Wildman–Crippen MR) is 89.7 cm³/mol. The van der Waals surface area contributed by atoms with Crippen molar-refractivity contribution >= 4 is 27.5 Å². The Kier molecular flexibility index (Phi) is 3.66. The van der Waals surface area contributed by atoms with E-state index in [4.69, 9.17) is 11.5 Å². The van der Waals surface area contributed by atoms with Crippen LogP contribution in [0.3, 0.4) is 0 Å². The zero-order chi connectivity index (χ0) is 14.8. The quantitative estimate of drug-likeness (QED) is 0.880. The second-order valence-electron chi connectivity index (χ2n) is 4.73. The molecule has 0 bridgehead atoms. The number of aliphatic imine (C=N–C) groups is 1. The van der Waals surface area contributed by atoms with Gasteiger partial charge < -0.3 is 16.4 Å². The van der Waals surface area contributed by atoms with Crippen LogP contribution in [0.15, 0.2) is 76.0 Å². The molecule has 4 nitrogen and oxygen atoms in total. The third-order valence-corrected chi connectivity index (χ3v) is 3.97. The highest BCUT2D eigenvalue weighted by Gasteiger charge is 2.27. The molecule has 0 fully saturated rings. The van der Waals surface area contributed by atoms with Gasteiger partial charge in [-0.05, 0) is 33.6 Å². The van der Waals surface area contributed by atoms with Gasteiger partial charge in [-0.1, -0.05) is 42.5 Å². The Bertz CT molecular complexity index is 709. The summed E-state index contributed by atoms with van der Waals surface area (Å²) in [6, 6.07) is 17.9. The van der Waals surface area contributed by atoms with Crippen molar-refractivity contribution in [3.05, 3.63) is 76.5 Å². The Morgan fingerprint density at radius 1 is 0.952 bits per heavy atom. The normalized spacial score (nSPS) is 18.1. The first kappa shape index (κ1) is 13.7. The van der Waals surface area contributed by atoms with E-state index in [1.165, 1.54) is 0 Å². The first-order valence-corrected chi connectivity index (χ1v) is 7.35. The van der Waals surface area contributed by atoms with E-state index in [2.05, 4.69) is 20.9 Å². The molecule has 106 valence electrons. The summed E-state index contributed by atoms with van der Waals surface area (Å²) < 4.78 is 0.956. The van der Waals surface area contributed by atoms with E-state index < -0.39 is 0 Å². The molecule has 1 aliphatic heterocycles. The van der Waals surface area contributed by atoms with Gasteiger partial charge in [0.25, 0.3) is 0 Å². The van der Waals surface area contributed by atoms with Crippen LogP contribution in [-0.2, 0) is 0 Å². The van der Waals surface area contributed by atoms with Crippen LogP contribution in [-0.4, -0.2) is 5.84 Å². The summed E-state index contributed by atoms with van der Waals surface area (Å²) in [5.41, 5.74) is 14.1. The average molecular weight is 343 g/mol. The van der Waals surface area contributed by atoms with Crippen molar-refractivity contribution in [1.82, 2.24) is 0 Å². The molecule has 2 aromatic carbocycles. The predicted octanol–water partition coefficient (Wildman–Crippen LogP) is 3.13. The Balaban J connectivity index is 2.12. The number of halogens is 1. The van der Waals surface area contributed by atoms with Gasteiger partial charge in [-0.2, -0.15) is 0 Å². The third kappa shape index (κ3) is 2.64. The van der Waals surface area contributed by atoms with Crippen molar-refractivity contribution in [3.8, 4) is 0 Å². The number of anilines is 1. The molecule has 21 heavy (non-hydrogen) atoms. The van der Waals surface area contributed by atoms with Crippen molar-refractivity contribution < 1.29 is 0 Å². The van der Waals surface area contributed by atoms with Gasteiger partial charge >= 0.3 is 0 Å². The monoisotopic (exact) mass is 342 g/mol. The maximum atomic E-state index is 6.20. The lowest BCUT2D eigenvalue weighted by molar-refractivity contribution is 0.691. The third-order valence-electron chi connectivity index (χ3n) is 3.30. The van der Waals surface area contributed by atoms with Crippen molar-refractivity contribution in [2.75, 3.05) is 4.90 Å². The Morgan fingerprint density at radius 3 is 2.33 bits per heavy atom. The summed E-state index contributed by atoms with van der Waals surface area (Å²) in [4.78, 5) is 6.51. The van der Waals surface area contributed by atoms with E-state index >= 15 is 0 Å². The molecule has 1 heterocycles. The van der Waals surface area contributed by atoms with Crippen LogP contribution in [0.2, 0.25) is 0 Å². The highest BCUT2D eigenvalue weighted by molar-refractivity contribution is 9.10. The minimum atomic E-state index is -0.269. The molecule has 0 radical (unpaired) electrons. The molecule has 0 aromatic heterocycles. The van der Waals surface area contributed by atoms with Gasteiger partial charge in [-0.15, -0.1) is 0 Å². The molecule has 0 saturated heterocycles. The fourth-order valence-corrected chi connectivity index (χ4v) is 2.84. The average Bonchev–Trinajstić information content (AvgIpc) is 2.49. The minimum absolute atomic E-state index is 0.269. The topological polar surface area (TPSA) is 67.6 Å². The fourth-order valence-electron chi connectivity index (χ4n) is 2.37. The summed E-state index contributed by atoms with van der Waals surface area (Å²) in [6.45, 7) is 0. The zero-order valence-corrected chi connectivity index (χ0v) is 12.9. The molecule has 5 heteroatoms. The Hall–Kier alpha value is -2.27. The number of amidine groups is 1. The number of hydrogen-bond donors (Lipinski definition) is 2. The summed E-state index contributed by atoms with van der Waals surface area (Å²) >= 11 is 3.57. The molecule has 0 spiro atoms. The van der Waals surface area contributed by atoms with E-state index in [0.717, 1.165) is 15.7 Å². The van der Waals surface area contributed by atoms with Gasteiger partial charge in [0.15, 0.2) is 6.17 Å². The van der Waals surface area contributed by atoms with E-state index in [0.29, 0.717) is 11.7 Å². The fraction of sp³-hybridized carbons (Fsp3) is 0.0625. The van der Waals surface area contributed by atoms with E-state index in [-0.39, 0.29) is 6.17 Å². The molecular weight excluding hydrogens is 328 g/mol. The molecule has 2 aromatic rings. The van der Waals surface area contributed by atoms with Gasteiger partial charge in [-0.3, -0.25) is 0 Å². The van der Waals surface area contributed by atoms with Crippen LogP contribution in [0, 0.1) is 0 Å². The first-order valence-electron chi connectivity index (χ1n) is 6.56. The number of para-hydroxylation sites is 1. The Labute approximate surface area is 131 Å². The molecule has 0 saturated carbocycles. The van der Waals surface area contributed by atoms with Crippen molar-refractivity contribution in [2.24, 2.45) is 16.5 Å². The SMILES string of the molecule is NC1=CC(N)=N[C@H](c2ccccc2)N1c1ccccc1Br. The second-order valence-corrected chi connectivity index (χ2v) is 5.58. The van der Waals surface area contributed by atoms with E-state index in [9.17, 15) is 0 Å². The van der Waals surface area contributed by atoms with Crippen LogP contribution in [0.1, 0.15) is 11.7 Å². The maximum Gasteiger partial charge on any atom is 0.154 e. The van der Waals surface area contributed by atoms with E-state index in [1.54, 1.807) is 6.08 Å². The molecule has 0 aliphatic carbocycles. The minimum Gasteiger partial charge on any atom is -0.385 e. The molecule has 1 atom stereocenters. The van der Waals surface area contributed by atoms with Crippen LogP contribution in [0.25, 0.3) is 0 Å². The highest BCUT2D eigenvalue weighted by Crippen LogP contribution is 2.36. The summed E-state index contributed by atoms with van der Waals surface area (Å²) in [6.07, 6.45) is 1.41. The first-order chi connectivity index (χ1) is 10.2. The van der Waals surface area contributed by atoms with Crippen molar-refractivity contribution in [1.29, 1.82) is 0 Å². The number of hydrogen-bond acceptors (Lipinski definition) is 4. The highest BCUT2D eigenvalue weighted by atomic mass is 79.9. The number of nitrogens with zero attached hydrogens (tertiary/aromatic N) is 2. The smallest absolute Gasteiger partial charge is 0.154 e. The standard InChI is InChI=1S/C16H15BrN4/c17-12-8-4-5-9-13(12)21-15(19)10-14(18)20-16(21)11-6-2-1-3-7-11/h1-10,16H,19H2,(H2,18,20)/t16-/m0/s1.